The van der Waals surface area contributed by atoms with E-state index in [1.54, 1.807) is 49.6 Å². The van der Waals surface area contributed by atoms with E-state index in [4.69, 9.17) is 4.74 Å². The van der Waals surface area contributed by atoms with Gasteiger partial charge in [-0.1, -0.05) is 30.3 Å². The number of amides is 1. The van der Waals surface area contributed by atoms with E-state index >= 15 is 0 Å². The molecule has 0 aliphatic rings. The number of anilines is 1. The number of rotatable bonds is 5. The van der Waals surface area contributed by atoms with Crippen LogP contribution in [0, 0.1) is 0 Å². The maximum Gasteiger partial charge on any atom is 0.259 e. The first-order chi connectivity index (χ1) is 12.3. The minimum Gasteiger partial charge on any atom is -0.496 e. The largest absolute Gasteiger partial charge is 0.496 e. The van der Waals surface area contributed by atoms with Crippen molar-refractivity contribution in [3.8, 4) is 5.75 Å². The summed E-state index contributed by atoms with van der Waals surface area (Å²) in [7, 11) is 1.54. The van der Waals surface area contributed by atoms with Gasteiger partial charge in [-0.3, -0.25) is 4.79 Å². The first kappa shape index (κ1) is 16.4. The predicted octanol–water partition coefficient (Wildman–Crippen LogP) is 5.36. The van der Waals surface area contributed by atoms with E-state index in [-0.39, 0.29) is 5.91 Å². The molecule has 3 aromatic carbocycles. The van der Waals surface area contributed by atoms with E-state index in [1.807, 2.05) is 36.4 Å². The predicted molar refractivity (Wildman–Crippen MR) is 98.0 cm³/mol. The molecule has 0 radical (unpaired) electrons. The lowest BCUT2D eigenvalue weighted by Gasteiger charge is -2.09. The molecule has 0 aliphatic heterocycles. The molecule has 0 heterocycles. The lowest BCUT2D eigenvalue weighted by molar-refractivity contribution is 0.102. The van der Waals surface area contributed by atoms with Crippen LogP contribution in [0.5, 0.6) is 5.75 Å². The van der Waals surface area contributed by atoms with E-state index in [2.05, 4.69) is 15.5 Å². The van der Waals surface area contributed by atoms with Gasteiger partial charge in [0.25, 0.3) is 5.91 Å². The molecule has 0 bridgehead atoms. The highest BCUT2D eigenvalue weighted by molar-refractivity contribution is 6.06. The van der Waals surface area contributed by atoms with E-state index in [9.17, 15) is 4.79 Å². The molecular weight excluding hydrogens is 314 g/mol. The number of hydrogen-bond donors (Lipinski definition) is 1. The van der Waals surface area contributed by atoms with Crippen molar-refractivity contribution in [2.45, 2.75) is 0 Å². The third-order valence-electron chi connectivity index (χ3n) is 3.51. The number of methoxy groups -OCH3 is 1. The first-order valence-electron chi connectivity index (χ1n) is 7.77. The average Bonchev–Trinajstić information content (AvgIpc) is 2.68. The van der Waals surface area contributed by atoms with Crippen LogP contribution in [-0.2, 0) is 0 Å². The second-order valence-electron chi connectivity index (χ2n) is 5.24. The monoisotopic (exact) mass is 331 g/mol. The van der Waals surface area contributed by atoms with Gasteiger partial charge in [-0.2, -0.15) is 10.2 Å². The number of azo groups is 1. The van der Waals surface area contributed by atoms with Gasteiger partial charge in [-0.25, -0.2) is 0 Å². The Morgan fingerprint density at radius 1 is 0.800 bits per heavy atom. The summed E-state index contributed by atoms with van der Waals surface area (Å²) in [5, 5.41) is 11.2. The molecule has 0 saturated heterocycles. The van der Waals surface area contributed by atoms with Crippen molar-refractivity contribution >= 4 is 23.0 Å². The molecule has 0 spiro atoms. The molecule has 25 heavy (non-hydrogen) atoms. The fourth-order valence-corrected chi connectivity index (χ4v) is 2.25. The van der Waals surface area contributed by atoms with Gasteiger partial charge in [0.05, 0.1) is 24.0 Å². The fraction of sp³-hybridized carbons (Fsp3) is 0.0500. The van der Waals surface area contributed by atoms with Crippen LogP contribution >= 0.6 is 0 Å². The normalized spacial score (nSPS) is 10.6. The van der Waals surface area contributed by atoms with Crippen molar-refractivity contribution in [2.24, 2.45) is 10.2 Å². The molecule has 0 saturated carbocycles. The third kappa shape index (κ3) is 4.29. The molecule has 0 aromatic heterocycles. The Kier molecular flexibility index (Phi) is 5.16. The van der Waals surface area contributed by atoms with E-state index < -0.39 is 0 Å². The summed E-state index contributed by atoms with van der Waals surface area (Å²) >= 11 is 0. The number of ether oxygens (including phenoxy) is 1. The Morgan fingerprint density at radius 3 is 2.08 bits per heavy atom. The second-order valence-corrected chi connectivity index (χ2v) is 5.24. The van der Waals surface area contributed by atoms with Crippen LogP contribution in [0.3, 0.4) is 0 Å². The molecule has 0 unspecified atom stereocenters. The summed E-state index contributed by atoms with van der Waals surface area (Å²) in [5.41, 5.74) is 2.66. The zero-order chi connectivity index (χ0) is 17.5. The molecule has 3 aromatic rings. The molecule has 0 aliphatic carbocycles. The minimum absolute atomic E-state index is 0.226. The van der Waals surface area contributed by atoms with E-state index in [0.29, 0.717) is 22.7 Å². The summed E-state index contributed by atoms with van der Waals surface area (Å²) in [5.74, 6) is 0.310. The molecule has 0 atom stereocenters. The Bertz CT molecular complexity index is 875. The van der Waals surface area contributed by atoms with Crippen LogP contribution < -0.4 is 10.1 Å². The van der Waals surface area contributed by atoms with Crippen molar-refractivity contribution in [1.82, 2.24) is 0 Å². The van der Waals surface area contributed by atoms with Gasteiger partial charge in [0, 0.05) is 5.69 Å². The Morgan fingerprint density at radius 2 is 1.40 bits per heavy atom. The van der Waals surface area contributed by atoms with Crippen LogP contribution in [0.2, 0.25) is 0 Å². The van der Waals surface area contributed by atoms with Gasteiger partial charge < -0.3 is 10.1 Å². The number of carbonyl (C=O) groups is 1. The Hall–Kier alpha value is -3.47. The second kappa shape index (κ2) is 7.88. The van der Waals surface area contributed by atoms with Crippen LogP contribution in [0.15, 0.2) is 89.1 Å². The SMILES string of the molecule is COc1ccccc1C(=O)Nc1ccc(N=Nc2ccccc2)cc1. The number of para-hydroxylation sites is 1. The number of nitrogens with one attached hydrogen (secondary N) is 1. The highest BCUT2D eigenvalue weighted by atomic mass is 16.5. The quantitative estimate of drug-likeness (QED) is 0.639. The smallest absolute Gasteiger partial charge is 0.259 e. The maximum atomic E-state index is 12.4. The molecule has 0 fully saturated rings. The van der Waals surface area contributed by atoms with Gasteiger partial charge in [0.2, 0.25) is 0 Å². The number of hydrogen-bond acceptors (Lipinski definition) is 4. The van der Waals surface area contributed by atoms with Crippen molar-refractivity contribution in [2.75, 3.05) is 12.4 Å². The van der Waals surface area contributed by atoms with Crippen molar-refractivity contribution in [3.05, 3.63) is 84.4 Å². The zero-order valence-corrected chi connectivity index (χ0v) is 13.7. The van der Waals surface area contributed by atoms with Crippen molar-refractivity contribution < 1.29 is 9.53 Å². The number of benzene rings is 3. The number of nitrogens with zero attached hydrogens (tertiary/aromatic N) is 2. The van der Waals surface area contributed by atoms with Crippen LogP contribution in [0.4, 0.5) is 17.1 Å². The zero-order valence-electron chi connectivity index (χ0n) is 13.7. The standard InChI is InChI=1S/C20H17N3O2/c1-25-19-10-6-5-9-18(19)20(24)21-15-11-13-17(14-12-15)23-22-16-7-3-2-4-8-16/h2-14H,1H3,(H,21,24). The third-order valence-corrected chi connectivity index (χ3v) is 3.51. The topological polar surface area (TPSA) is 63.0 Å². The minimum atomic E-state index is -0.226. The molecule has 124 valence electrons. The summed E-state index contributed by atoms with van der Waals surface area (Å²) < 4.78 is 5.21. The molecule has 3 rings (SSSR count). The fourth-order valence-electron chi connectivity index (χ4n) is 2.25. The van der Waals surface area contributed by atoms with Crippen molar-refractivity contribution in [3.63, 3.8) is 0 Å². The highest BCUT2D eigenvalue weighted by Crippen LogP contribution is 2.22. The number of carbonyl (C=O) groups excluding carboxylic acids is 1. The molecule has 5 heteroatoms. The van der Waals surface area contributed by atoms with Gasteiger partial charge in [-0.15, -0.1) is 0 Å². The highest BCUT2D eigenvalue weighted by Gasteiger charge is 2.11. The van der Waals surface area contributed by atoms with Gasteiger partial charge >= 0.3 is 0 Å². The van der Waals surface area contributed by atoms with Gasteiger partial charge in [0.1, 0.15) is 5.75 Å². The summed E-state index contributed by atoms with van der Waals surface area (Å²) in [4.78, 5) is 12.4. The first-order valence-corrected chi connectivity index (χ1v) is 7.77. The summed E-state index contributed by atoms with van der Waals surface area (Å²) in [6.45, 7) is 0. The van der Waals surface area contributed by atoms with E-state index in [1.165, 1.54) is 0 Å². The van der Waals surface area contributed by atoms with Gasteiger partial charge in [-0.05, 0) is 48.5 Å². The van der Waals surface area contributed by atoms with E-state index in [0.717, 1.165) is 5.69 Å². The van der Waals surface area contributed by atoms with Gasteiger partial charge in [0.15, 0.2) is 0 Å². The Labute approximate surface area is 146 Å². The van der Waals surface area contributed by atoms with Crippen LogP contribution in [0.25, 0.3) is 0 Å². The molecule has 5 nitrogen and oxygen atoms in total. The van der Waals surface area contributed by atoms with Crippen LogP contribution in [-0.4, -0.2) is 13.0 Å². The average molecular weight is 331 g/mol. The van der Waals surface area contributed by atoms with Crippen LogP contribution in [0.1, 0.15) is 10.4 Å². The summed E-state index contributed by atoms with van der Waals surface area (Å²) in [6, 6.07) is 23.8. The molecule has 1 N–H and O–H groups in total. The Balaban J connectivity index is 1.68. The molecular formula is C20H17N3O2. The molecule has 1 amide bonds. The van der Waals surface area contributed by atoms with Crippen molar-refractivity contribution in [1.29, 1.82) is 0 Å². The lowest BCUT2D eigenvalue weighted by Crippen LogP contribution is -2.12. The maximum absolute atomic E-state index is 12.4. The lowest BCUT2D eigenvalue weighted by atomic mass is 10.2. The summed E-state index contributed by atoms with van der Waals surface area (Å²) in [6.07, 6.45) is 0.